The number of H-pyrrole nitrogens is 1. The van der Waals surface area contributed by atoms with E-state index in [2.05, 4.69) is 11.1 Å². The summed E-state index contributed by atoms with van der Waals surface area (Å²) in [6.45, 7) is 1.23. The molecule has 1 N–H and O–H groups in total. The number of nitrogens with one attached hydrogen (secondary N) is 1. The number of aliphatic imine (C=N–C) groups is 1. The van der Waals surface area contributed by atoms with Crippen LogP contribution in [0.5, 0.6) is 0 Å². The lowest BCUT2D eigenvalue weighted by atomic mass is 9.87. The average molecular weight is 592 g/mol. The molecule has 8 nitrogen and oxygen atoms in total. The van der Waals surface area contributed by atoms with Gasteiger partial charge in [-0.05, 0) is 72.7 Å². The molecule has 43 heavy (non-hydrogen) atoms. The van der Waals surface area contributed by atoms with Crippen molar-refractivity contribution in [2.45, 2.75) is 43.8 Å². The second-order valence-corrected chi connectivity index (χ2v) is 12.2. The molecule has 1 aromatic heterocycles. The van der Waals surface area contributed by atoms with E-state index in [1.807, 2.05) is 53.6 Å². The van der Waals surface area contributed by atoms with Crippen LogP contribution in [-0.2, 0) is 14.4 Å². The minimum atomic E-state index is -4.95. The summed E-state index contributed by atoms with van der Waals surface area (Å²) in [7, 11) is 0. The van der Waals surface area contributed by atoms with Crippen molar-refractivity contribution in [3.05, 3.63) is 60.3 Å². The van der Waals surface area contributed by atoms with Crippen LogP contribution in [0.1, 0.15) is 37.7 Å². The monoisotopic (exact) mass is 591 g/mol. The highest BCUT2D eigenvalue weighted by atomic mass is 19.4. The third kappa shape index (κ3) is 5.08. The van der Waals surface area contributed by atoms with Gasteiger partial charge >= 0.3 is 12.1 Å². The van der Waals surface area contributed by atoms with Gasteiger partial charge in [0.15, 0.2) is 0 Å². The van der Waals surface area contributed by atoms with E-state index in [1.165, 1.54) is 0 Å². The topological polar surface area (TPSA) is 89.1 Å². The second kappa shape index (κ2) is 10.2. The summed E-state index contributed by atoms with van der Waals surface area (Å²) in [5.41, 5.74) is 2.63. The Bertz CT molecular complexity index is 1620. The van der Waals surface area contributed by atoms with Crippen molar-refractivity contribution in [3.8, 4) is 11.1 Å². The molecule has 224 valence electrons. The number of fused-ring (bicyclic) bond motifs is 1. The Morgan fingerprint density at radius 3 is 2.30 bits per heavy atom. The quantitative estimate of drug-likeness (QED) is 0.470. The van der Waals surface area contributed by atoms with Crippen molar-refractivity contribution in [1.29, 1.82) is 0 Å². The molecule has 0 unspecified atom stereocenters. The molecule has 1 saturated carbocycles. The van der Waals surface area contributed by atoms with Gasteiger partial charge in [-0.25, -0.2) is 0 Å². The van der Waals surface area contributed by atoms with Crippen LogP contribution in [0.4, 0.5) is 13.2 Å². The van der Waals surface area contributed by atoms with Gasteiger partial charge in [-0.15, -0.1) is 0 Å². The number of amides is 3. The molecule has 3 aromatic rings. The summed E-state index contributed by atoms with van der Waals surface area (Å²) in [6.07, 6.45) is -0.355. The molecule has 3 aliphatic heterocycles. The number of piperidine rings is 1. The first-order valence-corrected chi connectivity index (χ1v) is 14.9. The molecule has 1 atom stereocenters. The van der Waals surface area contributed by atoms with Crippen molar-refractivity contribution < 1.29 is 27.6 Å². The predicted molar refractivity (Wildman–Crippen MR) is 154 cm³/mol. The molecule has 7 rings (SSSR count). The molecule has 2 saturated heterocycles. The maximum Gasteiger partial charge on any atom is 0.471 e. The zero-order valence-corrected chi connectivity index (χ0v) is 23.6. The summed E-state index contributed by atoms with van der Waals surface area (Å²) in [5, 5.41) is 1.10. The summed E-state index contributed by atoms with van der Waals surface area (Å²) in [5.74, 6) is -1.22. The number of halogens is 3. The third-order valence-corrected chi connectivity index (χ3v) is 9.33. The first-order chi connectivity index (χ1) is 20.6. The van der Waals surface area contributed by atoms with Crippen LogP contribution in [0.3, 0.4) is 0 Å². The molecular weight excluding hydrogens is 559 g/mol. The maximum atomic E-state index is 14.1. The van der Waals surface area contributed by atoms with E-state index in [1.54, 1.807) is 4.90 Å². The van der Waals surface area contributed by atoms with Crippen molar-refractivity contribution in [3.63, 3.8) is 0 Å². The van der Waals surface area contributed by atoms with Gasteiger partial charge in [0.1, 0.15) is 11.4 Å². The molecule has 4 heterocycles. The van der Waals surface area contributed by atoms with Gasteiger partial charge in [-0.1, -0.05) is 30.3 Å². The van der Waals surface area contributed by atoms with Crippen LogP contribution in [0.25, 0.3) is 22.0 Å². The lowest BCUT2D eigenvalue weighted by molar-refractivity contribution is -0.187. The number of carbonyl (C=O) groups excluding carboxylic acids is 3. The number of amidine groups is 1. The second-order valence-electron chi connectivity index (χ2n) is 12.2. The zero-order chi connectivity index (χ0) is 29.9. The van der Waals surface area contributed by atoms with Gasteiger partial charge < -0.3 is 14.8 Å². The van der Waals surface area contributed by atoms with E-state index in [4.69, 9.17) is 4.99 Å². The van der Waals surface area contributed by atoms with Crippen LogP contribution in [0, 0.1) is 11.8 Å². The molecule has 0 bridgehead atoms. The highest BCUT2D eigenvalue weighted by molar-refractivity contribution is 6.15. The minimum Gasteiger partial charge on any atom is -0.361 e. The number of aromatic nitrogens is 1. The smallest absolute Gasteiger partial charge is 0.361 e. The van der Waals surface area contributed by atoms with Gasteiger partial charge in [-0.2, -0.15) is 13.2 Å². The van der Waals surface area contributed by atoms with E-state index in [9.17, 15) is 27.6 Å². The SMILES string of the molecule is O=C(C1CC1)N1CC[C@@H](CN2C(=O)C3(CCN(C(=O)C(F)(F)F)CC3)N=C2c2ccc(-c3ccc4[nH]ccc4c3)cc2)C1. The maximum absolute atomic E-state index is 14.1. The van der Waals surface area contributed by atoms with Crippen LogP contribution >= 0.6 is 0 Å². The lowest BCUT2D eigenvalue weighted by Crippen LogP contribution is -2.54. The number of alkyl halides is 3. The van der Waals surface area contributed by atoms with E-state index < -0.39 is 17.6 Å². The van der Waals surface area contributed by atoms with Gasteiger partial charge in [0.2, 0.25) is 5.91 Å². The summed E-state index contributed by atoms with van der Waals surface area (Å²) >= 11 is 0. The van der Waals surface area contributed by atoms with E-state index in [0.29, 0.717) is 25.5 Å². The van der Waals surface area contributed by atoms with Crippen LogP contribution in [0.2, 0.25) is 0 Å². The van der Waals surface area contributed by atoms with E-state index in [-0.39, 0.29) is 49.6 Å². The largest absolute Gasteiger partial charge is 0.471 e. The first-order valence-electron chi connectivity index (χ1n) is 14.9. The Labute approximate surface area is 246 Å². The Morgan fingerprint density at radius 2 is 1.60 bits per heavy atom. The van der Waals surface area contributed by atoms with Crippen molar-refractivity contribution >= 4 is 34.5 Å². The molecule has 3 fully saturated rings. The fraction of sp³-hybridized carbons (Fsp3) is 0.438. The standard InChI is InChI=1S/C32H32F3N5O3/c33-32(34,35)30(43)38-15-11-31(12-16-38)29(42)40(19-20-10-14-39(18-20)28(41)23-5-6-23)27(37-31)22-3-1-21(2-4-22)24-7-8-26-25(17-24)9-13-36-26/h1-4,7-9,13,17,20,23,36H,5-6,10-12,14-16,18-19H2/t20-/m1/s1. The van der Waals surface area contributed by atoms with E-state index >= 15 is 0 Å². The number of aromatic amines is 1. The Kier molecular flexibility index (Phi) is 6.59. The molecule has 4 aliphatic rings. The van der Waals surface area contributed by atoms with Gasteiger partial charge in [-0.3, -0.25) is 24.3 Å². The van der Waals surface area contributed by atoms with Crippen LogP contribution < -0.4 is 0 Å². The number of benzene rings is 2. The summed E-state index contributed by atoms with van der Waals surface area (Å²) < 4.78 is 39.3. The third-order valence-electron chi connectivity index (χ3n) is 9.33. The number of rotatable bonds is 5. The molecule has 0 radical (unpaired) electrons. The Morgan fingerprint density at radius 1 is 0.907 bits per heavy atom. The average Bonchev–Trinajstić information content (AvgIpc) is 3.46. The molecule has 1 spiro atoms. The molecule has 2 aromatic carbocycles. The highest BCUT2D eigenvalue weighted by Crippen LogP contribution is 2.38. The number of carbonyl (C=O) groups is 3. The predicted octanol–water partition coefficient (Wildman–Crippen LogP) is 4.61. The highest BCUT2D eigenvalue weighted by Gasteiger charge is 2.53. The fourth-order valence-corrected chi connectivity index (χ4v) is 6.71. The number of hydrogen-bond donors (Lipinski definition) is 1. The number of hydrogen-bond acceptors (Lipinski definition) is 4. The van der Waals surface area contributed by atoms with Gasteiger partial charge in [0.05, 0.1) is 0 Å². The molecular formula is C32H32F3N5O3. The van der Waals surface area contributed by atoms with Crippen LogP contribution in [0.15, 0.2) is 59.7 Å². The van der Waals surface area contributed by atoms with Crippen LogP contribution in [-0.4, -0.2) is 87.7 Å². The van der Waals surface area contributed by atoms with Crippen molar-refractivity contribution in [2.24, 2.45) is 16.8 Å². The lowest BCUT2D eigenvalue weighted by Gasteiger charge is -2.36. The molecule has 1 aliphatic carbocycles. The molecule has 3 amide bonds. The van der Waals surface area contributed by atoms with Crippen molar-refractivity contribution in [1.82, 2.24) is 19.7 Å². The van der Waals surface area contributed by atoms with Gasteiger partial charge in [0.25, 0.3) is 5.91 Å². The molecule has 11 heteroatoms. The normalized spacial score (nSPS) is 22.1. The number of nitrogens with zero attached hydrogens (tertiary/aromatic N) is 4. The summed E-state index contributed by atoms with van der Waals surface area (Å²) in [4.78, 5) is 51.0. The van der Waals surface area contributed by atoms with E-state index in [0.717, 1.165) is 51.8 Å². The Balaban J connectivity index is 1.15. The summed E-state index contributed by atoms with van der Waals surface area (Å²) in [6, 6.07) is 16.0. The Hall–Kier alpha value is -4.15. The zero-order valence-electron chi connectivity index (χ0n) is 23.6. The fourth-order valence-electron chi connectivity index (χ4n) is 6.71. The van der Waals surface area contributed by atoms with Crippen molar-refractivity contribution in [2.75, 3.05) is 32.7 Å². The minimum absolute atomic E-state index is 0.0272. The number of likely N-dealkylation sites (tertiary alicyclic amines) is 2. The first kappa shape index (κ1) is 27.7. The van der Waals surface area contributed by atoms with Gasteiger partial charge in [0, 0.05) is 55.9 Å².